The van der Waals surface area contributed by atoms with Crippen molar-refractivity contribution in [1.82, 2.24) is 34.9 Å². The largest absolute Gasteiger partial charge is 0.471 e. The van der Waals surface area contributed by atoms with Gasteiger partial charge in [-0.3, -0.25) is 33.4 Å². The van der Waals surface area contributed by atoms with Gasteiger partial charge in [0.25, 0.3) is 24.8 Å². The monoisotopic (exact) mass is 942 g/mol. The molecule has 0 aliphatic carbocycles. The number of H-pyrrole nitrogens is 1. The van der Waals surface area contributed by atoms with Crippen molar-refractivity contribution in [1.29, 1.82) is 0 Å². The Morgan fingerprint density at radius 2 is 1.61 bits per heavy atom. The molecule has 4 aromatic rings. The Labute approximate surface area is 388 Å². The highest BCUT2D eigenvalue weighted by molar-refractivity contribution is 6.34. The molecular formula is C45H61ClF2N10O8+2. The molecule has 0 spiro atoms. The van der Waals surface area contributed by atoms with Crippen LogP contribution in [0.3, 0.4) is 0 Å². The maximum absolute atomic E-state index is 15.6. The second kappa shape index (κ2) is 24.3. The number of hydrogen-bond acceptors (Lipinski definition) is 10. The number of nitrogens with one attached hydrogen (secondary N) is 4. The zero-order valence-electron chi connectivity index (χ0n) is 38.7. The number of hydrogen-bond donors (Lipinski definition) is 4. The van der Waals surface area contributed by atoms with E-state index in [1.807, 2.05) is 11.8 Å². The number of carbonyl (C=O) groups is 6. The Balaban J connectivity index is 0.00000110. The molecule has 4 heterocycles. The fourth-order valence-electron chi connectivity index (χ4n) is 7.70. The number of likely N-dealkylation sites (tertiary alicyclic amines) is 1. The van der Waals surface area contributed by atoms with Crippen LogP contribution in [0.2, 0.25) is 5.02 Å². The lowest BCUT2D eigenvalue weighted by molar-refractivity contribution is -0.878. The number of halogens is 3. The third-order valence-electron chi connectivity index (χ3n) is 11.1. The lowest BCUT2D eigenvalue weighted by Crippen LogP contribution is -3.05. The average Bonchev–Trinajstić information content (AvgIpc) is 4.02. The number of benzene rings is 2. The van der Waals surface area contributed by atoms with Crippen molar-refractivity contribution in [2.24, 2.45) is 5.92 Å². The number of aryl methyl sites for hydroxylation is 1. The molecule has 21 heteroatoms. The lowest BCUT2D eigenvalue weighted by atomic mass is 10.0. The first-order valence-corrected chi connectivity index (χ1v) is 21.8. The first-order chi connectivity index (χ1) is 31.3. The van der Waals surface area contributed by atoms with E-state index in [1.54, 1.807) is 17.9 Å². The first kappa shape index (κ1) is 52.4. The number of amides is 4. The van der Waals surface area contributed by atoms with Crippen LogP contribution in [-0.4, -0.2) is 165 Å². The number of imidazole rings is 1. The highest BCUT2D eigenvalue weighted by Crippen LogP contribution is 2.32. The fraction of sp³-hybridized carbons (Fsp3) is 0.467. The van der Waals surface area contributed by atoms with Gasteiger partial charge in [-0.2, -0.15) is 5.10 Å². The predicted octanol–water partition coefficient (Wildman–Crippen LogP) is 2.82. The van der Waals surface area contributed by atoms with Gasteiger partial charge in [0.05, 0.1) is 96.1 Å². The van der Waals surface area contributed by atoms with E-state index in [4.69, 9.17) is 21.2 Å². The molecule has 2 saturated heterocycles. The molecule has 2 unspecified atom stereocenters. The molecule has 66 heavy (non-hydrogen) atoms. The smallest absolute Gasteiger partial charge is 0.292 e. The molecule has 2 atom stereocenters. The number of nitrogens with zero attached hydrogens (tertiary/aromatic N) is 6. The second-order valence-electron chi connectivity index (χ2n) is 17.1. The Morgan fingerprint density at radius 3 is 2.20 bits per heavy atom. The minimum atomic E-state index is -1.15. The summed E-state index contributed by atoms with van der Waals surface area (Å²) in [7, 11) is 11.0. The van der Waals surface area contributed by atoms with Crippen molar-refractivity contribution >= 4 is 53.9 Å². The number of aromatic nitrogens is 4. The van der Waals surface area contributed by atoms with Crippen LogP contribution in [0.1, 0.15) is 52.9 Å². The third-order valence-corrected chi connectivity index (χ3v) is 11.4. The third kappa shape index (κ3) is 14.4. The van der Waals surface area contributed by atoms with Crippen LogP contribution in [0, 0.1) is 24.5 Å². The topological polar surface area (TPSA) is 202 Å². The quantitative estimate of drug-likeness (QED) is 0.102. The molecule has 0 saturated carbocycles. The van der Waals surface area contributed by atoms with Crippen LogP contribution >= 0.6 is 11.6 Å². The summed E-state index contributed by atoms with van der Waals surface area (Å²) in [5.41, 5.74) is 1.23. The summed E-state index contributed by atoms with van der Waals surface area (Å²) in [5.74, 6) is -3.43. The van der Waals surface area contributed by atoms with Crippen LogP contribution < -0.4 is 15.5 Å². The molecule has 2 aliphatic rings. The lowest BCUT2D eigenvalue weighted by Gasteiger charge is -2.36. The van der Waals surface area contributed by atoms with Crippen molar-refractivity contribution in [2.75, 3.05) is 93.5 Å². The summed E-state index contributed by atoms with van der Waals surface area (Å²) in [5, 5.41) is 10.1. The molecule has 2 aromatic carbocycles. The summed E-state index contributed by atoms with van der Waals surface area (Å²) < 4.78 is 41.1. The molecule has 0 bridgehead atoms. The number of carbonyl (C=O) groups excluding carboxylic acids is 6. The van der Waals surface area contributed by atoms with Gasteiger partial charge in [0.1, 0.15) is 6.54 Å². The zero-order valence-corrected chi connectivity index (χ0v) is 39.5. The van der Waals surface area contributed by atoms with Crippen molar-refractivity contribution in [3.8, 4) is 22.4 Å². The van der Waals surface area contributed by atoms with Crippen molar-refractivity contribution < 1.29 is 56.4 Å². The van der Waals surface area contributed by atoms with Crippen LogP contribution in [0.4, 0.5) is 14.5 Å². The van der Waals surface area contributed by atoms with E-state index in [-0.39, 0.29) is 69.5 Å². The number of quaternary nitrogens is 2. The number of aromatic amines is 1. The Hall–Kier alpha value is -6.25. The number of rotatable bonds is 15. The van der Waals surface area contributed by atoms with Gasteiger partial charge in [-0.1, -0.05) is 17.7 Å². The van der Waals surface area contributed by atoms with E-state index in [0.29, 0.717) is 56.1 Å². The van der Waals surface area contributed by atoms with Gasteiger partial charge in [0.2, 0.25) is 11.8 Å². The van der Waals surface area contributed by atoms with E-state index in [1.165, 1.54) is 60.5 Å². The summed E-state index contributed by atoms with van der Waals surface area (Å²) in [6, 6.07) is 7.31. The van der Waals surface area contributed by atoms with Crippen molar-refractivity contribution in [3.63, 3.8) is 0 Å². The highest BCUT2D eigenvalue weighted by Gasteiger charge is 2.39. The van der Waals surface area contributed by atoms with E-state index in [2.05, 4.69) is 63.4 Å². The van der Waals surface area contributed by atoms with Gasteiger partial charge in [-0.05, 0) is 51.0 Å². The first-order valence-electron chi connectivity index (χ1n) is 21.4. The van der Waals surface area contributed by atoms with E-state index < -0.39 is 17.5 Å². The standard InChI is InChI=1S/C41H51ClF2N10O4.2C2H4O2/c1-25(8-7-14-50(3)4)46-35(55)23-53-22-32(26(2)49-53)29-11-12-31(37(44)36(29)43)34-21-45-38(48-34)39(56)47-28-9-10-30(33(42)20-28)41(58)52-17-15-51(16-18-52)40(57)27-13-19-54(5,6)24-27;2*1-4-2-3/h9-12,20-22,25,27H,7-8,13-19,23-24H2,1-6H3,(H2-,45,46,47,48,55,56,58);2*2H,1H3/p+2. The molecule has 4 N–H and O–H groups in total. The second-order valence-corrected chi connectivity index (χ2v) is 17.5. The van der Waals surface area contributed by atoms with Crippen molar-refractivity contribution in [2.45, 2.75) is 45.7 Å². The molecule has 4 amide bonds. The van der Waals surface area contributed by atoms with Crippen molar-refractivity contribution in [3.05, 3.63) is 76.5 Å². The van der Waals surface area contributed by atoms with Gasteiger partial charge in [0.15, 0.2) is 17.5 Å². The summed E-state index contributed by atoms with van der Waals surface area (Å²) >= 11 is 6.52. The molecule has 2 aliphatic heterocycles. The molecule has 6 rings (SSSR count). The van der Waals surface area contributed by atoms with Gasteiger partial charge in [-0.25, -0.2) is 13.8 Å². The minimum Gasteiger partial charge on any atom is -0.471 e. The SMILES string of the molecule is COC=O.COC=O.Cc1nn(CC(=O)NC(C)CCC[NH+](C)C)cc1-c1ccc(-c2cnc(C(=O)Nc3ccc(C(=O)N4CCN(C(=O)C5CC[N+](C)(C)C5)CC4)c(Cl)c3)[nH]2)c(F)c1F. The maximum Gasteiger partial charge on any atom is 0.292 e. The van der Waals surface area contributed by atoms with Crippen LogP contribution in [0.15, 0.2) is 42.7 Å². The Morgan fingerprint density at radius 1 is 0.985 bits per heavy atom. The van der Waals surface area contributed by atoms with Gasteiger partial charge in [0, 0.05) is 67.2 Å². The molecule has 2 aromatic heterocycles. The molecule has 358 valence electrons. The number of anilines is 1. The summed E-state index contributed by atoms with van der Waals surface area (Å²) in [4.78, 5) is 81.8. The molecule has 2 fully saturated rings. The van der Waals surface area contributed by atoms with Crippen LogP contribution in [-0.2, 0) is 35.2 Å². The van der Waals surface area contributed by atoms with Gasteiger partial charge < -0.3 is 44.3 Å². The number of ether oxygens (including phenoxy) is 2. The van der Waals surface area contributed by atoms with E-state index >= 15 is 8.78 Å². The summed E-state index contributed by atoms with van der Waals surface area (Å²) in [6.45, 7) is 8.77. The van der Waals surface area contributed by atoms with Crippen LogP contribution in [0.5, 0.6) is 0 Å². The van der Waals surface area contributed by atoms with Crippen LogP contribution in [0.25, 0.3) is 22.4 Å². The molecule has 18 nitrogen and oxygen atoms in total. The molecule has 0 radical (unpaired) electrons. The van der Waals surface area contributed by atoms with Gasteiger partial charge >= 0.3 is 0 Å². The van der Waals surface area contributed by atoms with E-state index in [9.17, 15) is 19.2 Å². The Bertz CT molecular complexity index is 2320. The molecular weight excluding hydrogens is 882 g/mol. The predicted molar refractivity (Wildman–Crippen MR) is 242 cm³/mol. The number of methoxy groups -OCH3 is 2. The van der Waals surface area contributed by atoms with Gasteiger partial charge in [-0.15, -0.1) is 0 Å². The number of piperazine rings is 1. The highest BCUT2D eigenvalue weighted by atomic mass is 35.5. The summed E-state index contributed by atoms with van der Waals surface area (Å²) in [6.07, 6.45) is 5.43. The maximum atomic E-state index is 15.6. The zero-order chi connectivity index (χ0) is 48.7. The average molecular weight is 943 g/mol. The van der Waals surface area contributed by atoms with E-state index in [0.717, 1.165) is 43.4 Å². The fourth-order valence-corrected chi connectivity index (χ4v) is 7.97. The Kier molecular flexibility index (Phi) is 19.3. The normalized spacial score (nSPS) is 15.7. The minimum absolute atomic E-state index is 0.00921.